The van der Waals surface area contributed by atoms with Crippen molar-refractivity contribution in [3.8, 4) is 0 Å². The predicted molar refractivity (Wildman–Crippen MR) is 74.4 cm³/mol. The largest absolute Gasteiger partial charge is 0.376 e. The molecule has 1 aliphatic heterocycles. The average Bonchev–Trinajstić information content (AvgIpc) is 2.36. The Morgan fingerprint density at radius 3 is 2.68 bits per heavy atom. The first-order chi connectivity index (χ1) is 9.00. The second-order valence-electron chi connectivity index (χ2n) is 5.52. The van der Waals surface area contributed by atoms with Crippen molar-refractivity contribution in [2.45, 2.75) is 45.0 Å². The van der Waals surface area contributed by atoms with Gasteiger partial charge in [0.25, 0.3) is 0 Å². The first kappa shape index (κ1) is 14.4. The molecule has 0 saturated carbocycles. The minimum atomic E-state index is -0.184. The molecule has 2 N–H and O–H groups in total. The molecule has 4 unspecified atom stereocenters. The molecule has 1 aliphatic rings. The third kappa shape index (κ3) is 3.14. The van der Waals surface area contributed by atoms with E-state index in [1.54, 1.807) is 6.07 Å². The molecule has 3 nitrogen and oxygen atoms in total. The van der Waals surface area contributed by atoms with Gasteiger partial charge in [0.2, 0.25) is 0 Å². The normalized spacial score (nSPS) is 28.1. The smallest absolute Gasteiger partial charge is 0.128 e. The molecule has 0 spiro atoms. The van der Waals surface area contributed by atoms with Crippen molar-refractivity contribution in [2.24, 2.45) is 5.73 Å². The minimum absolute atomic E-state index is 0.109. The van der Waals surface area contributed by atoms with Gasteiger partial charge in [-0.15, -0.1) is 0 Å². The van der Waals surface area contributed by atoms with E-state index < -0.39 is 0 Å². The molecule has 1 saturated heterocycles. The van der Waals surface area contributed by atoms with Crippen molar-refractivity contribution in [1.82, 2.24) is 4.90 Å². The van der Waals surface area contributed by atoms with Crippen molar-refractivity contribution < 1.29 is 9.13 Å². The Balaban J connectivity index is 2.32. The summed E-state index contributed by atoms with van der Waals surface area (Å²) in [5.41, 5.74) is 6.81. The molecule has 1 heterocycles. The summed E-state index contributed by atoms with van der Waals surface area (Å²) in [6.45, 7) is 7.52. The molecule has 0 bridgehead atoms. The fraction of sp³-hybridized carbons (Fsp3) is 0.600. The Kier molecular flexibility index (Phi) is 4.55. The second kappa shape index (κ2) is 5.99. The number of morpholine rings is 1. The number of ether oxygens (including phenoxy) is 1. The van der Waals surface area contributed by atoms with E-state index in [4.69, 9.17) is 10.5 Å². The van der Waals surface area contributed by atoms with Gasteiger partial charge in [0.1, 0.15) is 5.82 Å². The van der Waals surface area contributed by atoms with Gasteiger partial charge in [0, 0.05) is 24.2 Å². The molecule has 0 aromatic heterocycles. The molecular weight excluding hydrogens is 243 g/mol. The van der Waals surface area contributed by atoms with Crippen LogP contribution in [-0.2, 0) is 4.74 Å². The fourth-order valence-corrected chi connectivity index (χ4v) is 2.80. The highest BCUT2D eigenvalue weighted by Gasteiger charge is 2.33. The summed E-state index contributed by atoms with van der Waals surface area (Å²) in [4.78, 5) is 2.26. The van der Waals surface area contributed by atoms with E-state index in [9.17, 15) is 4.39 Å². The molecule has 4 atom stereocenters. The van der Waals surface area contributed by atoms with E-state index >= 15 is 0 Å². The lowest BCUT2D eigenvalue weighted by atomic mass is 9.96. The van der Waals surface area contributed by atoms with E-state index in [2.05, 4.69) is 11.8 Å². The summed E-state index contributed by atoms with van der Waals surface area (Å²) in [7, 11) is 0. The number of halogens is 1. The molecular formula is C15H23FN2O. The summed E-state index contributed by atoms with van der Waals surface area (Å²) in [5.74, 6) is -0.184. The van der Waals surface area contributed by atoms with Crippen molar-refractivity contribution in [3.05, 3.63) is 35.6 Å². The summed E-state index contributed by atoms with van der Waals surface area (Å²) < 4.78 is 19.7. The van der Waals surface area contributed by atoms with Crippen LogP contribution >= 0.6 is 0 Å². The van der Waals surface area contributed by atoms with Crippen molar-refractivity contribution >= 4 is 0 Å². The predicted octanol–water partition coefficient (Wildman–Crippen LogP) is 2.32. The third-order valence-electron chi connectivity index (χ3n) is 3.74. The lowest BCUT2D eigenvalue weighted by Gasteiger charge is -2.43. The maximum absolute atomic E-state index is 14.1. The van der Waals surface area contributed by atoms with Gasteiger partial charge < -0.3 is 10.5 Å². The molecule has 1 fully saturated rings. The zero-order chi connectivity index (χ0) is 14.0. The van der Waals surface area contributed by atoms with Gasteiger partial charge >= 0.3 is 0 Å². The molecule has 106 valence electrons. The van der Waals surface area contributed by atoms with Gasteiger partial charge in [-0.2, -0.15) is 0 Å². The zero-order valence-corrected chi connectivity index (χ0v) is 11.8. The topological polar surface area (TPSA) is 38.5 Å². The zero-order valence-electron chi connectivity index (χ0n) is 11.8. The molecule has 0 radical (unpaired) electrons. The lowest BCUT2D eigenvalue weighted by Crippen LogP contribution is -2.52. The van der Waals surface area contributed by atoms with Crippen LogP contribution < -0.4 is 5.73 Å². The second-order valence-corrected chi connectivity index (χ2v) is 5.52. The highest BCUT2D eigenvalue weighted by atomic mass is 19.1. The van der Waals surface area contributed by atoms with Crippen LogP contribution in [0.5, 0.6) is 0 Å². The van der Waals surface area contributed by atoms with E-state index in [0.717, 1.165) is 6.54 Å². The van der Waals surface area contributed by atoms with Gasteiger partial charge in [0.15, 0.2) is 0 Å². The standard InChI is InChI=1S/C15H23FN2O/c1-10-9-19-11(2)8-18(10)15(12(3)17)13-6-4-5-7-14(13)16/h4-7,10-12,15H,8-9,17H2,1-3H3. The van der Waals surface area contributed by atoms with Crippen LogP contribution in [0.1, 0.15) is 32.4 Å². The fourth-order valence-electron chi connectivity index (χ4n) is 2.80. The summed E-state index contributed by atoms with van der Waals surface area (Å²) in [5, 5.41) is 0. The quantitative estimate of drug-likeness (QED) is 0.912. The van der Waals surface area contributed by atoms with E-state index in [1.807, 2.05) is 26.0 Å². The Hall–Kier alpha value is -0.970. The van der Waals surface area contributed by atoms with E-state index in [-0.39, 0.29) is 30.0 Å². The van der Waals surface area contributed by atoms with Gasteiger partial charge in [-0.25, -0.2) is 4.39 Å². The number of rotatable bonds is 3. The van der Waals surface area contributed by atoms with Gasteiger partial charge in [-0.1, -0.05) is 18.2 Å². The molecule has 0 amide bonds. The lowest BCUT2D eigenvalue weighted by molar-refractivity contribution is -0.0702. The SMILES string of the molecule is CC1CN(C(c2ccccc2F)C(C)N)C(C)CO1. The van der Waals surface area contributed by atoms with Gasteiger partial charge in [0.05, 0.1) is 18.8 Å². The first-order valence-corrected chi connectivity index (χ1v) is 6.88. The maximum atomic E-state index is 14.1. The number of benzene rings is 1. The van der Waals surface area contributed by atoms with Crippen molar-refractivity contribution in [2.75, 3.05) is 13.2 Å². The Morgan fingerprint density at radius 1 is 1.37 bits per heavy atom. The van der Waals surface area contributed by atoms with Crippen LogP contribution in [-0.4, -0.2) is 36.2 Å². The maximum Gasteiger partial charge on any atom is 0.128 e. The molecule has 2 rings (SSSR count). The van der Waals surface area contributed by atoms with Crippen LogP contribution in [0, 0.1) is 5.82 Å². The van der Waals surface area contributed by atoms with Crippen LogP contribution in [0.3, 0.4) is 0 Å². The summed E-state index contributed by atoms with van der Waals surface area (Å²) in [6.07, 6.45) is 0.157. The molecule has 4 heteroatoms. The van der Waals surface area contributed by atoms with Crippen LogP contribution in [0.4, 0.5) is 4.39 Å². The van der Waals surface area contributed by atoms with Crippen LogP contribution in [0.25, 0.3) is 0 Å². The molecule has 1 aromatic carbocycles. The summed E-state index contributed by atoms with van der Waals surface area (Å²) in [6, 6.07) is 6.90. The number of hydrogen-bond donors (Lipinski definition) is 1. The van der Waals surface area contributed by atoms with Crippen molar-refractivity contribution in [3.63, 3.8) is 0 Å². The van der Waals surface area contributed by atoms with Crippen LogP contribution in [0.2, 0.25) is 0 Å². The molecule has 0 aliphatic carbocycles. The summed E-state index contributed by atoms with van der Waals surface area (Å²) >= 11 is 0. The highest BCUT2D eigenvalue weighted by Crippen LogP contribution is 2.30. The first-order valence-electron chi connectivity index (χ1n) is 6.88. The number of nitrogens with two attached hydrogens (primary N) is 1. The Morgan fingerprint density at radius 2 is 2.05 bits per heavy atom. The highest BCUT2D eigenvalue weighted by molar-refractivity contribution is 5.23. The van der Waals surface area contributed by atoms with E-state index in [1.165, 1.54) is 6.07 Å². The molecule has 19 heavy (non-hydrogen) atoms. The van der Waals surface area contributed by atoms with Crippen LogP contribution in [0.15, 0.2) is 24.3 Å². The average molecular weight is 266 g/mol. The minimum Gasteiger partial charge on any atom is -0.376 e. The Labute approximate surface area is 114 Å². The van der Waals surface area contributed by atoms with E-state index in [0.29, 0.717) is 12.2 Å². The molecule has 1 aromatic rings. The number of hydrogen-bond acceptors (Lipinski definition) is 3. The van der Waals surface area contributed by atoms with Gasteiger partial charge in [-0.3, -0.25) is 4.90 Å². The van der Waals surface area contributed by atoms with Gasteiger partial charge in [-0.05, 0) is 26.8 Å². The van der Waals surface area contributed by atoms with Crippen molar-refractivity contribution in [1.29, 1.82) is 0 Å². The third-order valence-corrected chi connectivity index (χ3v) is 3.74. The monoisotopic (exact) mass is 266 g/mol. The number of nitrogens with zero attached hydrogens (tertiary/aromatic N) is 1. The Bertz CT molecular complexity index is 424.